The number of hydrogen-bond acceptors (Lipinski definition) is 4. The normalized spacial score (nSPS) is 11.2. The van der Waals surface area contributed by atoms with Crippen LogP contribution in [0.5, 0.6) is 0 Å². The van der Waals surface area contributed by atoms with Gasteiger partial charge in [-0.25, -0.2) is 9.97 Å². The van der Waals surface area contributed by atoms with E-state index in [-0.39, 0.29) is 11.8 Å². The van der Waals surface area contributed by atoms with Crippen molar-refractivity contribution in [3.63, 3.8) is 0 Å². The van der Waals surface area contributed by atoms with E-state index in [4.69, 9.17) is 0 Å². The summed E-state index contributed by atoms with van der Waals surface area (Å²) in [4.78, 5) is 35.8. The van der Waals surface area contributed by atoms with Crippen molar-refractivity contribution in [1.82, 2.24) is 19.1 Å². The van der Waals surface area contributed by atoms with E-state index in [0.29, 0.717) is 17.5 Å². The van der Waals surface area contributed by atoms with Gasteiger partial charge in [0.1, 0.15) is 12.7 Å². The maximum atomic E-state index is 13.5. The van der Waals surface area contributed by atoms with E-state index in [1.165, 1.54) is 0 Å². The Balaban J connectivity index is 1.38. The van der Waals surface area contributed by atoms with Crippen molar-refractivity contribution >= 4 is 33.9 Å². The minimum atomic E-state index is -0.154. The molecule has 0 atom stereocenters. The van der Waals surface area contributed by atoms with Gasteiger partial charge in [0, 0.05) is 11.1 Å². The molecule has 0 amide bonds. The Morgan fingerprint density at radius 3 is 1.43 bits per heavy atom. The van der Waals surface area contributed by atoms with Crippen LogP contribution in [0, 0.1) is 0 Å². The second kappa shape index (κ2) is 8.50. The molecule has 6 rings (SSSR count). The van der Waals surface area contributed by atoms with Gasteiger partial charge in [0.15, 0.2) is 0 Å². The number of carbonyl (C=O) groups excluding carboxylic acids is 2. The highest BCUT2D eigenvalue weighted by Gasteiger charge is 2.19. The quantitative estimate of drug-likeness (QED) is 0.358. The summed E-state index contributed by atoms with van der Waals surface area (Å²) in [5.41, 5.74) is 5.88. The Kier molecular flexibility index (Phi) is 5.04. The standard InChI is InChI=1S/C29H20N4O2/c34-28(32-18-30-24-13-5-7-15-26(24)32)22-11-3-1-9-20(22)17-21-10-2-4-12-23(21)29(35)33-19-31-25-14-6-8-16-27(25)33/h1-16,18-19H,17H2. The Bertz CT molecular complexity index is 1600. The molecule has 4 aromatic carbocycles. The third-order valence-electron chi connectivity index (χ3n) is 6.22. The van der Waals surface area contributed by atoms with Crippen LogP contribution in [0.3, 0.4) is 0 Å². The summed E-state index contributed by atoms with van der Waals surface area (Å²) >= 11 is 0. The van der Waals surface area contributed by atoms with Gasteiger partial charge in [0.05, 0.1) is 22.1 Å². The van der Waals surface area contributed by atoms with Crippen molar-refractivity contribution in [2.75, 3.05) is 0 Å². The van der Waals surface area contributed by atoms with Crippen molar-refractivity contribution < 1.29 is 9.59 Å². The van der Waals surface area contributed by atoms with E-state index in [2.05, 4.69) is 9.97 Å². The maximum Gasteiger partial charge on any atom is 0.263 e. The van der Waals surface area contributed by atoms with Gasteiger partial charge in [-0.3, -0.25) is 18.7 Å². The van der Waals surface area contributed by atoms with E-state index in [1.54, 1.807) is 21.8 Å². The number of aromatic nitrogens is 4. The predicted octanol–water partition coefficient (Wildman–Crippen LogP) is 5.35. The fourth-order valence-electron chi connectivity index (χ4n) is 4.47. The van der Waals surface area contributed by atoms with E-state index < -0.39 is 0 Å². The van der Waals surface area contributed by atoms with Crippen LogP contribution in [0.25, 0.3) is 22.1 Å². The van der Waals surface area contributed by atoms with Crippen molar-refractivity contribution in [1.29, 1.82) is 0 Å². The summed E-state index contributed by atoms with van der Waals surface area (Å²) < 4.78 is 3.14. The molecule has 2 heterocycles. The van der Waals surface area contributed by atoms with E-state index in [1.807, 2.05) is 97.1 Å². The van der Waals surface area contributed by atoms with Crippen molar-refractivity contribution in [3.05, 3.63) is 132 Å². The van der Waals surface area contributed by atoms with E-state index in [0.717, 1.165) is 33.2 Å². The molecule has 0 N–H and O–H groups in total. The zero-order chi connectivity index (χ0) is 23.8. The molecule has 0 saturated carbocycles. The van der Waals surface area contributed by atoms with Gasteiger partial charge in [-0.1, -0.05) is 60.7 Å². The van der Waals surface area contributed by atoms with Gasteiger partial charge in [-0.2, -0.15) is 0 Å². The summed E-state index contributed by atoms with van der Waals surface area (Å²) in [6.45, 7) is 0. The maximum absolute atomic E-state index is 13.5. The van der Waals surface area contributed by atoms with Gasteiger partial charge < -0.3 is 0 Å². The fraction of sp³-hybridized carbons (Fsp3) is 0.0345. The minimum absolute atomic E-state index is 0.154. The van der Waals surface area contributed by atoms with Gasteiger partial charge in [0.25, 0.3) is 11.8 Å². The van der Waals surface area contributed by atoms with Crippen LogP contribution in [0.4, 0.5) is 0 Å². The molecule has 0 aliphatic rings. The number of para-hydroxylation sites is 4. The Labute approximate surface area is 201 Å². The smallest absolute Gasteiger partial charge is 0.263 e. The summed E-state index contributed by atoms with van der Waals surface area (Å²) in [7, 11) is 0. The monoisotopic (exact) mass is 456 g/mol. The lowest BCUT2D eigenvalue weighted by molar-refractivity contribution is 0.0956. The summed E-state index contributed by atoms with van der Waals surface area (Å²) in [6.07, 6.45) is 3.56. The van der Waals surface area contributed by atoms with Crippen molar-refractivity contribution in [2.24, 2.45) is 0 Å². The molecule has 6 nitrogen and oxygen atoms in total. The second-order valence-corrected chi connectivity index (χ2v) is 8.31. The second-order valence-electron chi connectivity index (χ2n) is 8.31. The molecule has 0 spiro atoms. The first-order valence-electron chi connectivity index (χ1n) is 11.3. The van der Waals surface area contributed by atoms with Crippen molar-refractivity contribution in [2.45, 2.75) is 6.42 Å². The molecule has 6 heteroatoms. The molecular weight excluding hydrogens is 436 g/mol. The molecule has 168 valence electrons. The SMILES string of the molecule is O=C(c1ccccc1Cc1ccccc1C(=O)n1cnc2ccccc21)n1cnc2ccccc21. The van der Waals surface area contributed by atoms with Gasteiger partial charge in [-0.15, -0.1) is 0 Å². The molecule has 35 heavy (non-hydrogen) atoms. The van der Waals surface area contributed by atoms with Crippen LogP contribution in [-0.4, -0.2) is 30.9 Å². The highest BCUT2D eigenvalue weighted by molar-refractivity contribution is 6.03. The van der Waals surface area contributed by atoms with Crippen LogP contribution < -0.4 is 0 Å². The first-order chi connectivity index (χ1) is 17.2. The number of nitrogens with zero attached hydrogens (tertiary/aromatic N) is 4. The number of rotatable bonds is 4. The number of fused-ring (bicyclic) bond motifs is 2. The molecule has 2 aromatic heterocycles. The van der Waals surface area contributed by atoms with Crippen LogP contribution in [0.2, 0.25) is 0 Å². The third kappa shape index (κ3) is 3.61. The molecule has 0 radical (unpaired) electrons. The van der Waals surface area contributed by atoms with Crippen LogP contribution >= 0.6 is 0 Å². The molecule has 0 fully saturated rings. The molecule has 0 unspecified atom stereocenters. The lowest BCUT2D eigenvalue weighted by Gasteiger charge is -2.13. The highest BCUT2D eigenvalue weighted by atomic mass is 16.2. The fourth-order valence-corrected chi connectivity index (χ4v) is 4.47. The van der Waals surface area contributed by atoms with Crippen LogP contribution in [-0.2, 0) is 6.42 Å². The molecule has 6 aromatic rings. The summed E-state index contributed by atoms with van der Waals surface area (Å²) in [6, 6.07) is 30.1. The van der Waals surface area contributed by atoms with Gasteiger partial charge in [-0.05, 0) is 53.9 Å². The first-order valence-corrected chi connectivity index (χ1v) is 11.3. The topological polar surface area (TPSA) is 69.8 Å². The lowest BCUT2D eigenvalue weighted by Crippen LogP contribution is -2.16. The molecule has 0 saturated heterocycles. The zero-order valence-electron chi connectivity index (χ0n) is 18.7. The predicted molar refractivity (Wildman–Crippen MR) is 135 cm³/mol. The van der Waals surface area contributed by atoms with Crippen LogP contribution in [0.1, 0.15) is 31.8 Å². The number of benzene rings is 4. The number of imidazole rings is 2. The Hall–Kier alpha value is -4.84. The van der Waals surface area contributed by atoms with E-state index in [9.17, 15) is 9.59 Å². The minimum Gasteiger partial charge on any atom is -0.268 e. The first kappa shape index (κ1) is 20.7. The molecule has 0 bridgehead atoms. The van der Waals surface area contributed by atoms with E-state index >= 15 is 0 Å². The average molecular weight is 457 g/mol. The highest BCUT2D eigenvalue weighted by Crippen LogP contribution is 2.22. The Morgan fingerprint density at radius 1 is 0.543 bits per heavy atom. The lowest BCUT2D eigenvalue weighted by atomic mass is 9.95. The zero-order valence-corrected chi connectivity index (χ0v) is 18.7. The third-order valence-corrected chi connectivity index (χ3v) is 6.22. The van der Waals surface area contributed by atoms with Crippen LogP contribution in [0.15, 0.2) is 110 Å². The summed E-state index contributed by atoms with van der Waals surface area (Å²) in [5.74, 6) is -0.308. The molecular formula is C29H20N4O2. The van der Waals surface area contributed by atoms with Gasteiger partial charge >= 0.3 is 0 Å². The molecule has 0 aliphatic heterocycles. The largest absolute Gasteiger partial charge is 0.268 e. The number of carbonyl (C=O) groups is 2. The average Bonchev–Trinajstić information content (AvgIpc) is 3.53. The van der Waals surface area contributed by atoms with Gasteiger partial charge in [0.2, 0.25) is 0 Å². The Morgan fingerprint density at radius 2 is 0.943 bits per heavy atom. The number of hydrogen-bond donors (Lipinski definition) is 0. The molecule has 0 aliphatic carbocycles. The summed E-state index contributed by atoms with van der Waals surface area (Å²) in [5, 5.41) is 0. The van der Waals surface area contributed by atoms with Crippen molar-refractivity contribution in [3.8, 4) is 0 Å².